The number of hydrogen-bond acceptors (Lipinski definition) is 2. The first kappa shape index (κ1) is 9.19. The van der Waals surface area contributed by atoms with E-state index < -0.39 is 0 Å². The minimum absolute atomic E-state index is 0.623. The molecule has 2 nitrogen and oxygen atoms in total. The Morgan fingerprint density at radius 2 is 2.00 bits per heavy atom. The van der Waals surface area contributed by atoms with Crippen LogP contribution in [-0.2, 0) is 0 Å². The third-order valence-electron chi connectivity index (χ3n) is 2.56. The summed E-state index contributed by atoms with van der Waals surface area (Å²) in [5, 5.41) is 1.90. The summed E-state index contributed by atoms with van der Waals surface area (Å²) in [5.74, 6) is 6.34. The Hall–Kier alpha value is -0.380. The summed E-state index contributed by atoms with van der Waals surface area (Å²) in [6.45, 7) is 2.00. The van der Waals surface area contributed by atoms with E-state index in [4.69, 9.17) is 5.84 Å². The van der Waals surface area contributed by atoms with Crippen molar-refractivity contribution in [1.29, 1.82) is 0 Å². The zero-order chi connectivity index (χ0) is 9.26. The van der Waals surface area contributed by atoms with E-state index in [0.29, 0.717) is 5.92 Å². The van der Waals surface area contributed by atoms with Crippen molar-refractivity contribution < 1.29 is 0 Å². The van der Waals surface area contributed by atoms with E-state index in [9.17, 15) is 0 Å². The van der Waals surface area contributed by atoms with E-state index >= 15 is 0 Å². The Kier molecular flexibility index (Phi) is 2.67. The van der Waals surface area contributed by atoms with Gasteiger partial charge in [0, 0.05) is 17.6 Å². The summed E-state index contributed by atoms with van der Waals surface area (Å²) in [7, 11) is 0. The molecule has 3 heteroatoms. The predicted octanol–water partition coefficient (Wildman–Crippen LogP) is 2.11. The summed E-state index contributed by atoms with van der Waals surface area (Å²) in [4.78, 5) is 0. The maximum Gasteiger partial charge on any atom is 0.0197 e. The van der Waals surface area contributed by atoms with Crippen LogP contribution in [0.3, 0.4) is 0 Å². The van der Waals surface area contributed by atoms with Crippen molar-refractivity contribution in [3.05, 3.63) is 34.3 Å². The summed E-state index contributed by atoms with van der Waals surface area (Å²) in [5.41, 5.74) is 1.40. The van der Waals surface area contributed by atoms with E-state index in [2.05, 4.69) is 40.2 Å². The standard InChI is InChI=1S/C10H13BrN2/c11-10-3-1-8(2-4-10)9-5-6-13(12)7-9/h1-4,9H,5-7,12H2. The Bertz CT molecular complexity index is 283. The highest BCUT2D eigenvalue weighted by Crippen LogP contribution is 2.26. The summed E-state index contributed by atoms with van der Waals surface area (Å²) in [6.07, 6.45) is 1.18. The summed E-state index contributed by atoms with van der Waals surface area (Å²) < 4.78 is 1.14. The van der Waals surface area contributed by atoms with Crippen molar-refractivity contribution in [2.24, 2.45) is 5.84 Å². The van der Waals surface area contributed by atoms with Gasteiger partial charge in [0.2, 0.25) is 0 Å². The van der Waals surface area contributed by atoms with Crippen molar-refractivity contribution in [2.45, 2.75) is 12.3 Å². The van der Waals surface area contributed by atoms with Gasteiger partial charge in [-0.15, -0.1) is 0 Å². The molecule has 0 amide bonds. The minimum Gasteiger partial charge on any atom is -0.269 e. The fourth-order valence-electron chi connectivity index (χ4n) is 1.79. The zero-order valence-electron chi connectivity index (χ0n) is 7.41. The molecule has 0 radical (unpaired) electrons. The highest BCUT2D eigenvalue weighted by molar-refractivity contribution is 9.10. The topological polar surface area (TPSA) is 29.3 Å². The van der Waals surface area contributed by atoms with Crippen LogP contribution in [-0.4, -0.2) is 18.1 Å². The molecular weight excluding hydrogens is 228 g/mol. The Labute approximate surface area is 86.8 Å². The molecule has 1 fully saturated rings. The second kappa shape index (κ2) is 3.78. The lowest BCUT2D eigenvalue weighted by Crippen LogP contribution is -2.27. The molecule has 1 atom stereocenters. The van der Waals surface area contributed by atoms with Crippen LogP contribution in [0, 0.1) is 0 Å². The fourth-order valence-corrected chi connectivity index (χ4v) is 2.06. The van der Waals surface area contributed by atoms with E-state index in [1.54, 1.807) is 0 Å². The van der Waals surface area contributed by atoms with Crippen LogP contribution in [0.4, 0.5) is 0 Å². The maximum atomic E-state index is 5.72. The fraction of sp³-hybridized carbons (Fsp3) is 0.400. The third-order valence-corrected chi connectivity index (χ3v) is 3.09. The van der Waals surface area contributed by atoms with Gasteiger partial charge in [-0.25, -0.2) is 5.01 Å². The number of rotatable bonds is 1. The molecule has 0 aliphatic carbocycles. The van der Waals surface area contributed by atoms with Crippen LogP contribution < -0.4 is 5.84 Å². The van der Waals surface area contributed by atoms with Crippen molar-refractivity contribution in [3.8, 4) is 0 Å². The van der Waals surface area contributed by atoms with E-state index in [1.807, 2.05) is 5.01 Å². The van der Waals surface area contributed by atoms with E-state index in [0.717, 1.165) is 17.6 Å². The van der Waals surface area contributed by atoms with Gasteiger partial charge in [-0.3, -0.25) is 5.84 Å². The van der Waals surface area contributed by atoms with Crippen molar-refractivity contribution in [1.82, 2.24) is 5.01 Å². The quantitative estimate of drug-likeness (QED) is 0.763. The molecule has 1 aromatic rings. The summed E-state index contributed by atoms with van der Waals surface area (Å²) in [6, 6.07) is 8.53. The smallest absolute Gasteiger partial charge is 0.0197 e. The van der Waals surface area contributed by atoms with Gasteiger partial charge in [0.15, 0.2) is 0 Å². The summed E-state index contributed by atoms with van der Waals surface area (Å²) >= 11 is 3.43. The van der Waals surface area contributed by atoms with Gasteiger partial charge in [-0.2, -0.15) is 0 Å². The Morgan fingerprint density at radius 3 is 2.54 bits per heavy atom. The minimum atomic E-state index is 0.623. The van der Waals surface area contributed by atoms with Crippen molar-refractivity contribution in [3.63, 3.8) is 0 Å². The predicted molar refractivity (Wildman–Crippen MR) is 57.3 cm³/mol. The van der Waals surface area contributed by atoms with Crippen LogP contribution >= 0.6 is 15.9 Å². The molecule has 2 rings (SSSR count). The highest BCUT2D eigenvalue weighted by Gasteiger charge is 2.20. The van der Waals surface area contributed by atoms with Gasteiger partial charge in [0.05, 0.1) is 0 Å². The molecule has 70 valence electrons. The van der Waals surface area contributed by atoms with Crippen molar-refractivity contribution >= 4 is 15.9 Å². The molecule has 1 unspecified atom stereocenters. The molecule has 1 heterocycles. The van der Waals surface area contributed by atoms with E-state index in [1.165, 1.54) is 12.0 Å². The zero-order valence-corrected chi connectivity index (χ0v) is 9.00. The largest absolute Gasteiger partial charge is 0.269 e. The lowest BCUT2D eigenvalue weighted by atomic mass is 9.99. The first-order valence-corrected chi connectivity index (χ1v) is 5.30. The molecular formula is C10H13BrN2. The first-order chi connectivity index (χ1) is 6.25. The molecule has 1 aliphatic heterocycles. The third kappa shape index (κ3) is 2.10. The Morgan fingerprint density at radius 1 is 1.31 bits per heavy atom. The lowest BCUT2D eigenvalue weighted by Gasteiger charge is -2.10. The van der Waals surface area contributed by atoms with Crippen LogP contribution in [0.25, 0.3) is 0 Å². The molecule has 1 aliphatic rings. The molecule has 0 aromatic heterocycles. The number of halogens is 1. The Balaban J connectivity index is 2.13. The highest BCUT2D eigenvalue weighted by atomic mass is 79.9. The maximum absolute atomic E-state index is 5.72. The van der Waals surface area contributed by atoms with Crippen LogP contribution in [0.5, 0.6) is 0 Å². The first-order valence-electron chi connectivity index (χ1n) is 4.51. The average Bonchev–Trinajstić information content (AvgIpc) is 2.53. The number of hydrazine groups is 1. The van der Waals surface area contributed by atoms with Gasteiger partial charge in [-0.05, 0) is 30.0 Å². The monoisotopic (exact) mass is 240 g/mol. The molecule has 0 spiro atoms. The lowest BCUT2D eigenvalue weighted by molar-refractivity contribution is 0.350. The van der Waals surface area contributed by atoms with Crippen LogP contribution in [0.1, 0.15) is 17.9 Å². The molecule has 0 saturated carbocycles. The van der Waals surface area contributed by atoms with Gasteiger partial charge in [-0.1, -0.05) is 28.1 Å². The molecule has 13 heavy (non-hydrogen) atoms. The number of hydrogen-bond donors (Lipinski definition) is 1. The second-order valence-corrected chi connectivity index (χ2v) is 4.45. The van der Waals surface area contributed by atoms with Gasteiger partial charge in [0.1, 0.15) is 0 Å². The van der Waals surface area contributed by atoms with Gasteiger partial charge < -0.3 is 0 Å². The SMILES string of the molecule is NN1CCC(c2ccc(Br)cc2)C1. The average molecular weight is 241 g/mol. The van der Waals surface area contributed by atoms with Crippen LogP contribution in [0.15, 0.2) is 28.7 Å². The molecule has 1 aromatic carbocycles. The molecule has 0 bridgehead atoms. The van der Waals surface area contributed by atoms with E-state index in [-0.39, 0.29) is 0 Å². The molecule has 2 N–H and O–H groups in total. The van der Waals surface area contributed by atoms with Crippen LogP contribution in [0.2, 0.25) is 0 Å². The second-order valence-electron chi connectivity index (χ2n) is 3.53. The normalized spacial score (nSPS) is 23.7. The number of nitrogens with zero attached hydrogens (tertiary/aromatic N) is 1. The molecule has 1 saturated heterocycles. The van der Waals surface area contributed by atoms with Gasteiger partial charge in [0.25, 0.3) is 0 Å². The van der Waals surface area contributed by atoms with Gasteiger partial charge >= 0.3 is 0 Å². The number of benzene rings is 1. The van der Waals surface area contributed by atoms with Crippen molar-refractivity contribution in [2.75, 3.05) is 13.1 Å². The number of nitrogens with two attached hydrogens (primary N) is 1.